The normalized spacial score (nSPS) is 12.9. The minimum atomic E-state index is -0.892. The highest BCUT2D eigenvalue weighted by Crippen LogP contribution is 2.26. The zero-order valence-corrected chi connectivity index (χ0v) is 18.7. The Bertz CT molecular complexity index is 985. The molecule has 0 fully saturated rings. The molecule has 0 aliphatic carbocycles. The molecule has 1 aromatic heterocycles. The first kappa shape index (κ1) is 23.5. The molecule has 0 bridgehead atoms. The van der Waals surface area contributed by atoms with Gasteiger partial charge in [0.15, 0.2) is 0 Å². The fraction of sp³-hybridized carbons (Fsp3) is 0.360. The van der Waals surface area contributed by atoms with Crippen molar-refractivity contribution in [1.29, 1.82) is 0 Å². The molecular weight excluding hydrogens is 408 g/mol. The monoisotopic (exact) mass is 438 g/mol. The lowest BCUT2D eigenvalue weighted by atomic mass is 10.0. The number of hydrogen-bond acceptors (Lipinski definition) is 6. The average molecular weight is 439 g/mol. The third kappa shape index (κ3) is 6.93. The van der Waals surface area contributed by atoms with Gasteiger partial charge in [-0.25, -0.2) is 4.98 Å². The van der Waals surface area contributed by atoms with E-state index in [1.807, 2.05) is 54.6 Å². The van der Waals surface area contributed by atoms with E-state index >= 15 is 0 Å². The number of carbonyl (C=O) groups is 1. The number of aliphatic hydroxyl groups excluding tert-OH is 1. The molecule has 3 rings (SSSR count). The van der Waals surface area contributed by atoms with Crippen LogP contribution in [0.25, 0.3) is 11.5 Å². The van der Waals surface area contributed by atoms with Crippen molar-refractivity contribution >= 4 is 5.91 Å². The van der Waals surface area contributed by atoms with Crippen molar-refractivity contribution < 1.29 is 23.8 Å². The summed E-state index contributed by atoms with van der Waals surface area (Å²) in [5.41, 5.74) is 2.50. The second-order valence-corrected chi connectivity index (χ2v) is 7.85. The van der Waals surface area contributed by atoms with Crippen LogP contribution in [0.2, 0.25) is 0 Å². The Labute approximate surface area is 188 Å². The Hall–Kier alpha value is -3.16. The molecule has 0 saturated carbocycles. The van der Waals surface area contributed by atoms with Crippen LogP contribution in [-0.2, 0) is 16.0 Å². The number of nitrogens with one attached hydrogen (secondary N) is 1. The van der Waals surface area contributed by atoms with E-state index in [4.69, 9.17) is 13.9 Å². The van der Waals surface area contributed by atoms with Crippen LogP contribution in [0.15, 0.2) is 59.0 Å². The summed E-state index contributed by atoms with van der Waals surface area (Å²) in [4.78, 5) is 15.3. The first-order valence-electron chi connectivity index (χ1n) is 10.7. The fourth-order valence-electron chi connectivity index (χ4n) is 3.27. The van der Waals surface area contributed by atoms with Crippen LogP contribution in [0.1, 0.15) is 37.0 Å². The molecule has 170 valence electrons. The topological polar surface area (TPSA) is 93.8 Å². The number of nitrogens with zero attached hydrogens (tertiary/aromatic N) is 1. The van der Waals surface area contributed by atoms with Crippen LogP contribution in [-0.4, -0.2) is 35.9 Å². The first-order valence-corrected chi connectivity index (χ1v) is 10.7. The molecule has 2 unspecified atom stereocenters. The summed E-state index contributed by atoms with van der Waals surface area (Å²) in [7, 11) is 0. The largest absolute Gasteiger partial charge is 0.490 e. The number of oxazole rings is 1. The Balaban J connectivity index is 1.48. The van der Waals surface area contributed by atoms with Crippen molar-refractivity contribution in [2.75, 3.05) is 19.9 Å². The zero-order valence-electron chi connectivity index (χ0n) is 18.7. The SMILES string of the molecule is CC(=O)NCOCC(C)Cc1ccc(OCC(O)c2nc(-c3ccccc3)oc2C)cc1. The number of aliphatic hydroxyl groups is 1. The first-order chi connectivity index (χ1) is 15.4. The molecule has 2 N–H and O–H groups in total. The molecule has 0 radical (unpaired) electrons. The molecule has 32 heavy (non-hydrogen) atoms. The molecular formula is C25H30N2O5. The van der Waals surface area contributed by atoms with Gasteiger partial charge in [0.1, 0.15) is 36.6 Å². The molecule has 0 spiro atoms. The summed E-state index contributed by atoms with van der Waals surface area (Å²) >= 11 is 0. The lowest BCUT2D eigenvalue weighted by molar-refractivity contribution is -0.120. The van der Waals surface area contributed by atoms with E-state index < -0.39 is 6.10 Å². The molecule has 3 aromatic rings. The van der Waals surface area contributed by atoms with Gasteiger partial charge in [-0.15, -0.1) is 0 Å². The van der Waals surface area contributed by atoms with Gasteiger partial charge in [0.05, 0.1) is 6.61 Å². The van der Waals surface area contributed by atoms with Crippen molar-refractivity contribution in [3.63, 3.8) is 0 Å². The summed E-state index contributed by atoms with van der Waals surface area (Å²) < 4.78 is 16.9. The maximum atomic E-state index is 10.8. The minimum absolute atomic E-state index is 0.0777. The molecule has 2 atom stereocenters. The van der Waals surface area contributed by atoms with Gasteiger partial charge in [0.25, 0.3) is 0 Å². The third-order valence-corrected chi connectivity index (χ3v) is 4.91. The van der Waals surface area contributed by atoms with Crippen LogP contribution < -0.4 is 10.1 Å². The number of rotatable bonds is 11. The number of aryl methyl sites for hydroxylation is 1. The molecule has 0 aliphatic heterocycles. The quantitative estimate of drug-likeness (QED) is 0.347. The smallest absolute Gasteiger partial charge is 0.226 e. The van der Waals surface area contributed by atoms with E-state index in [0.717, 1.165) is 17.5 Å². The number of carbonyl (C=O) groups excluding carboxylic acids is 1. The van der Waals surface area contributed by atoms with E-state index in [1.54, 1.807) is 6.92 Å². The Morgan fingerprint density at radius 2 is 1.84 bits per heavy atom. The molecule has 7 nitrogen and oxygen atoms in total. The van der Waals surface area contributed by atoms with Gasteiger partial charge in [0, 0.05) is 12.5 Å². The zero-order chi connectivity index (χ0) is 22.9. The van der Waals surface area contributed by atoms with Crippen molar-refractivity contribution in [3.8, 4) is 17.2 Å². The summed E-state index contributed by atoms with van der Waals surface area (Å²) in [6.45, 7) is 6.21. The van der Waals surface area contributed by atoms with Crippen LogP contribution in [0.5, 0.6) is 5.75 Å². The highest BCUT2D eigenvalue weighted by atomic mass is 16.5. The van der Waals surface area contributed by atoms with E-state index in [-0.39, 0.29) is 19.2 Å². The lowest BCUT2D eigenvalue weighted by Crippen LogP contribution is -2.24. The van der Waals surface area contributed by atoms with Crippen molar-refractivity contribution in [2.24, 2.45) is 5.92 Å². The average Bonchev–Trinajstić information content (AvgIpc) is 3.18. The molecule has 2 aromatic carbocycles. The highest BCUT2D eigenvalue weighted by Gasteiger charge is 2.19. The summed E-state index contributed by atoms with van der Waals surface area (Å²) in [6, 6.07) is 17.4. The standard InChI is InChI=1S/C25H30N2O5/c1-17(14-30-16-26-19(3)28)13-20-9-11-22(12-10-20)31-15-23(29)24-18(2)32-25(27-24)21-7-5-4-6-8-21/h4-12,17,23,29H,13-16H2,1-3H3,(H,26,28). The van der Waals surface area contributed by atoms with Crippen LogP contribution in [0.4, 0.5) is 0 Å². The van der Waals surface area contributed by atoms with E-state index in [9.17, 15) is 9.90 Å². The molecule has 0 saturated heterocycles. The van der Waals surface area contributed by atoms with Gasteiger partial charge >= 0.3 is 0 Å². The van der Waals surface area contributed by atoms with Crippen LogP contribution >= 0.6 is 0 Å². The van der Waals surface area contributed by atoms with E-state index in [2.05, 4.69) is 17.2 Å². The second kappa shape index (κ2) is 11.5. The third-order valence-electron chi connectivity index (χ3n) is 4.91. The maximum absolute atomic E-state index is 10.8. The van der Waals surface area contributed by atoms with Gasteiger partial charge in [0.2, 0.25) is 11.8 Å². The van der Waals surface area contributed by atoms with Gasteiger partial charge in [-0.1, -0.05) is 37.3 Å². The van der Waals surface area contributed by atoms with Crippen molar-refractivity contribution in [2.45, 2.75) is 33.3 Å². The van der Waals surface area contributed by atoms with Gasteiger partial charge in [-0.05, 0) is 49.1 Å². The summed E-state index contributed by atoms with van der Waals surface area (Å²) in [5, 5.41) is 13.2. The predicted octanol–water partition coefficient (Wildman–Crippen LogP) is 4.05. The Morgan fingerprint density at radius 3 is 2.53 bits per heavy atom. The van der Waals surface area contributed by atoms with E-state index in [1.165, 1.54) is 6.92 Å². The minimum Gasteiger partial charge on any atom is -0.490 e. The summed E-state index contributed by atoms with van der Waals surface area (Å²) in [5.74, 6) is 1.94. The Kier molecular flexibility index (Phi) is 8.41. The number of ether oxygens (including phenoxy) is 2. The number of hydrogen-bond donors (Lipinski definition) is 2. The Morgan fingerprint density at radius 1 is 1.12 bits per heavy atom. The lowest BCUT2D eigenvalue weighted by Gasteiger charge is -2.14. The molecule has 0 aliphatic rings. The van der Waals surface area contributed by atoms with E-state index in [0.29, 0.717) is 35.6 Å². The fourth-order valence-corrected chi connectivity index (χ4v) is 3.27. The van der Waals surface area contributed by atoms with Crippen LogP contribution in [0.3, 0.4) is 0 Å². The molecule has 7 heteroatoms. The van der Waals surface area contributed by atoms with Gasteiger partial charge in [-0.2, -0.15) is 0 Å². The molecule has 1 heterocycles. The van der Waals surface area contributed by atoms with Gasteiger partial charge in [-0.3, -0.25) is 4.79 Å². The number of amides is 1. The van der Waals surface area contributed by atoms with Crippen molar-refractivity contribution in [1.82, 2.24) is 10.3 Å². The van der Waals surface area contributed by atoms with Crippen molar-refractivity contribution in [3.05, 3.63) is 71.6 Å². The second-order valence-electron chi connectivity index (χ2n) is 7.85. The van der Waals surface area contributed by atoms with Gasteiger partial charge < -0.3 is 24.3 Å². The van der Waals surface area contributed by atoms with Crippen LogP contribution in [0, 0.1) is 12.8 Å². The molecule has 1 amide bonds. The number of benzene rings is 2. The highest BCUT2D eigenvalue weighted by molar-refractivity contribution is 5.72. The summed E-state index contributed by atoms with van der Waals surface area (Å²) in [6.07, 6.45) is -0.0414. The predicted molar refractivity (Wildman–Crippen MR) is 121 cm³/mol. The maximum Gasteiger partial charge on any atom is 0.226 e. The number of aromatic nitrogens is 1.